The molecule has 28 heavy (non-hydrogen) atoms. The minimum absolute atomic E-state index is 0.0824. The van der Waals surface area contributed by atoms with Gasteiger partial charge in [0.25, 0.3) is 0 Å². The summed E-state index contributed by atoms with van der Waals surface area (Å²) in [6.07, 6.45) is 4.19. The molecule has 5 N–H and O–H groups in total. The number of nitrogens with two attached hydrogens (primary N) is 1. The maximum absolute atomic E-state index is 12.0. The largest absolute Gasteiger partial charge is 0.480 e. The van der Waals surface area contributed by atoms with Crippen LogP contribution in [0, 0.1) is 12.8 Å². The van der Waals surface area contributed by atoms with E-state index in [2.05, 4.69) is 11.0 Å². The molecule has 1 heterocycles. The molecule has 0 aromatic heterocycles. The van der Waals surface area contributed by atoms with E-state index in [9.17, 15) is 9.90 Å². The fraction of sp³-hybridized carbons (Fsp3) is 0.650. The summed E-state index contributed by atoms with van der Waals surface area (Å²) in [6, 6.07) is 6.06. The number of carboxylic acid groups (broad SMARTS) is 1. The summed E-state index contributed by atoms with van der Waals surface area (Å²) in [6.45, 7) is 4.55. The minimum Gasteiger partial charge on any atom is -0.480 e. The number of hydrogen-bond donors (Lipinski definition) is 4. The second kappa shape index (κ2) is 10.6. The predicted octanol–water partition coefficient (Wildman–Crippen LogP) is 2.68. The quantitative estimate of drug-likeness (QED) is 0.368. The van der Waals surface area contributed by atoms with Crippen molar-refractivity contribution >= 4 is 24.7 Å². The van der Waals surface area contributed by atoms with Crippen LogP contribution in [0.2, 0.25) is 11.3 Å². The Morgan fingerprint density at radius 2 is 2.07 bits per heavy atom. The Morgan fingerprint density at radius 3 is 2.71 bits per heavy atom. The van der Waals surface area contributed by atoms with E-state index in [1.54, 1.807) is 0 Å². The first-order chi connectivity index (χ1) is 13.2. The maximum Gasteiger partial charge on any atom is 0.451 e. The molecule has 0 amide bonds. The molecule has 1 aromatic rings. The van der Waals surface area contributed by atoms with Crippen molar-refractivity contribution < 1.29 is 19.9 Å². The van der Waals surface area contributed by atoms with Crippen molar-refractivity contribution in [2.75, 3.05) is 13.1 Å². The number of likely N-dealkylation sites (tertiary alicyclic amines) is 1. The zero-order valence-electron chi connectivity index (χ0n) is 16.6. The molecule has 1 saturated heterocycles. The third-order valence-electron chi connectivity index (χ3n) is 5.88. The molecule has 0 saturated carbocycles. The minimum atomic E-state index is -1.35. The normalized spacial score (nSPS) is 20.4. The lowest BCUT2D eigenvalue weighted by Crippen LogP contribution is -2.54. The molecule has 2 atom stereocenters. The van der Waals surface area contributed by atoms with E-state index < -0.39 is 18.6 Å². The van der Waals surface area contributed by atoms with E-state index in [-0.39, 0.29) is 12.2 Å². The molecule has 0 radical (unpaired) electrons. The molecule has 6 nitrogen and oxygen atoms in total. The van der Waals surface area contributed by atoms with Crippen LogP contribution in [-0.4, -0.2) is 51.8 Å². The number of nitrogens with zero attached hydrogens (tertiary/aromatic N) is 1. The van der Waals surface area contributed by atoms with Crippen molar-refractivity contribution in [3.05, 3.63) is 34.3 Å². The predicted molar refractivity (Wildman–Crippen MR) is 112 cm³/mol. The number of unbranched alkanes of at least 4 members (excludes halogenated alkanes) is 1. The van der Waals surface area contributed by atoms with E-state index in [1.165, 1.54) is 5.56 Å². The number of rotatable bonds is 9. The average Bonchev–Trinajstić information content (AvgIpc) is 2.87. The molecule has 1 fully saturated rings. The number of carboxylic acids is 1. The topological polar surface area (TPSA) is 107 Å². The molecule has 0 bridgehead atoms. The Hall–Kier alpha value is -1.12. The fourth-order valence-electron chi connectivity index (χ4n) is 4.12. The van der Waals surface area contributed by atoms with Crippen LogP contribution in [0.15, 0.2) is 18.2 Å². The van der Waals surface area contributed by atoms with Gasteiger partial charge in [-0.25, -0.2) is 0 Å². The number of hydrogen-bond acceptors (Lipinski definition) is 5. The molecule has 0 spiro atoms. The van der Waals surface area contributed by atoms with Crippen LogP contribution in [-0.2, 0) is 11.3 Å². The molecule has 0 aliphatic carbocycles. The van der Waals surface area contributed by atoms with Crippen molar-refractivity contribution in [2.24, 2.45) is 11.7 Å². The molecule has 8 heteroatoms. The van der Waals surface area contributed by atoms with E-state index >= 15 is 0 Å². The molecule has 1 aliphatic rings. The van der Waals surface area contributed by atoms with Gasteiger partial charge < -0.3 is 20.9 Å². The summed E-state index contributed by atoms with van der Waals surface area (Å²) in [4.78, 5) is 14.3. The van der Waals surface area contributed by atoms with Crippen LogP contribution in [0.4, 0.5) is 0 Å². The Balaban J connectivity index is 1.95. The number of aliphatic carboxylic acids is 1. The molecular weight excluding hydrogens is 378 g/mol. The van der Waals surface area contributed by atoms with Crippen LogP contribution in [0.25, 0.3) is 0 Å². The molecule has 156 valence electrons. The first kappa shape index (κ1) is 23.2. The zero-order valence-corrected chi connectivity index (χ0v) is 17.4. The van der Waals surface area contributed by atoms with Gasteiger partial charge in [-0.3, -0.25) is 9.69 Å². The molecule has 1 aromatic carbocycles. The van der Waals surface area contributed by atoms with E-state index in [0.29, 0.717) is 19.3 Å². The third-order valence-corrected chi connectivity index (χ3v) is 6.30. The number of carbonyl (C=O) groups is 1. The van der Waals surface area contributed by atoms with Gasteiger partial charge in [-0.1, -0.05) is 36.6 Å². The summed E-state index contributed by atoms with van der Waals surface area (Å²) < 4.78 is 0. The van der Waals surface area contributed by atoms with Gasteiger partial charge in [-0.15, -0.1) is 0 Å². The lowest BCUT2D eigenvalue weighted by atomic mass is 9.75. The fourth-order valence-corrected chi connectivity index (χ4v) is 4.24. The standard InChI is InChI=1S/C20H32BClN2O4/c1-15-13-16(6-7-18(15)22)14-24-11-4-5-17(8-12-24)20(23,19(25)26)9-2-3-10-21(27)28/h6-7,13,17,27-28H,2-5,8-12,14,23H2,1H3,(H,25,26). The smallest absolute Gasteiger partial charge is 0.451 e. The molecule has 2 rings (SSSR count). The van der Waals surface area contributed by atoms with Crippen LogP contribution in [0.1, 0.15) is 49.7 Å². The van der Waals surface area contributed by atoms with Crippen LogP contribution in [0.5, 0.6) is 0 Å². The van der Waals surface area contributed by atoms with Gasteiger partial charge in [0.15, 0.2) is 0 Å². The lowest BCUT2D eigenvalue weighted by Gasteiger charge is -2.33. The second-order valence-electron chi connectivity index (χ2n) is 8.06. The Morgan fingerprint density at radius 1 is 1.32 bits per heavy atom. The average molecular weight is 411 g/mol. The molecule has 1 aliphatic heterocycles. The highest BCUT2D eigenvalue weighted by molar-refractivity contribution is 6.40. The van der Waals surface area contributed by atoms with Crippen LogP contribution in [0.3, 0.4) is 0 Å². The summed E-state index contributed by atoms with van der Waals surface area (Å²) in [5.74, 6) is -1.04. The van der Waals surface area contributed by atoms with Gasteiger partial charge in [0, 0.05) is 11.6 Å². The second-order valence-corrected chi connectivity index (χ2v) is 8.47. The van der Waals surface area contributed by atoms with Crippen LogP contribution < -0.4 is 5.73 Å². The maximum atomic E-state index is 12.0. The molecule has 2 unspecified atom stereocenters. The number of halogens is 1. The lowest BCUT2D eigenvalue weighted by molar-refractivity contribution is -0.146. The van der Waals surface area contributed by atoms with Gasteiger partial charge in [0.05, 0.1) is 0 Å². The van der Waals surface area contributed by atoms with Crippen molar-refractivity contribution in [1.82, 2.24) is 4.90 Å². The van der Waals surface area contributed by atoms with Gasteiger partial charge in [-0.2, -0.15) is 0 Å². The van der Waals surface area contributed by atoms with Gasteiger partial charge >= 0.3 is 13.1 Å². The molecular formula is C20H32BClN2O4. The highest BCUT2D eigenvalue weighted by atomic mass is 35.5. The number of aryl methyl sites for hydroxylation is 1. The van der Waals surface area contributed by atoms with Gasteiger partial charge in [0.2, 0.25) is 0 Å². The zero-order chi connectivity index (χ0) is 20.7. The summed E-state index contributed by atoms with van der Waals surface area (Å²) in [5, 5.41) is 28.5. The van der Waals surface area contributed by atoms with E-state index in [0.717, 1.165) is 49.5 Å². The SMILES string of the molecule is Cc1cc(CN2CCCC(C(N)(CCCCB(O)O)C(=O)O)CC2)ccc1Cl. The van der Waals surface area contributed by atoms with E-state index in [4.69, 9.17) is 27.4 Å². The summed E-state index contributed by atoms with van der Waals surface area (Å²) in [7, 11) is -1.35. The first-order valence-electron chi connectivity index (χ1n) is 10.1. The third kappa shape index (κ3) is 6.46. The van der Waals surface area contributed by atoms with E-state index in [1.807, 2.05) is 19.1 Å². The Kier molecular flexibility index (Phi) is 8.77. The summed E-state index contributed by atoms with van der Waals surface area (Å²) in [5.41, 5.74) is 7.39. The van der Waals surface area contributed by atoms with Crippen molar-refractivity contribution in [3.8, 4) is 0 Å². The summed E-state index contributed by atoms with van der Waals surface area (Å²) >= 11 is 6.11. The van der Waals surface area contributed by atoms with Crippen molar-refractivity contribution in [1.29, 1.82) is 0 Å². The van der Waals surface area contributed by atoms with Crippen molar-refractivity contribution in [3.63, 3.8) is 0 Å². The monoisotopic (exact) mass is 410 g/mol. The Labute approximate surface area is 172 Å². The highest BCUT2D eigenvalue weighted by Crippen LogP contribution is 2.32. The van der Waals surface area contributed by atoms with Crippen LogP contribution >= 0.6 is 11.6 Å². The first-order valence-corrected chi connectivity index (χ1v) is 10.5. The van der Waals surface area contributed by atoms with Crippen molar-refractivity contribution in [2.45, 2.75) is 63.9 Å². The Bertz CT molecular complexity index is 661. The number of benzene rings is 1. The van der Waals surface area contributed by atoms with Gasteiger partial charge in [0.1, 0.15) is 5.54 Å². The highest BCUT2D eigenvalue weighted by Gasteiger charge is 2.42. The van der Waals surface area contributed by atoms with Gasteiger partial charge in [-0.05, 0) is 75.1 Å².